The second kappa shape index (κ2) is 8.76. The molecule has 0 radical (unpaired) electrons. The van der Waals surface area contributed by atoms with Crippen LogP contribution in [0.25, 0.3) is 0 Å². The Kier molecular flexibility index (Phi) is 6.70. The number of benzene rings is 2. The monoisotopic (exact) mass is 363 g/mol. The van der Waals surface area contributed by atoms with Crippen molar-refractivity contribution in [1.29, 1.82) is 0 Å². The van der Waals surface area contributed by atoms with E-state index in [1.807, 2.05) is 30.3 Å². The maximum Gasteiger partial charge on any atom is 0.318 e. The summed E-state index contributed by atoms with van der Waals surface area (Å²) in [4.78, 5) is 24.8. The van der Waals surface area contributed by atoms with Crippen molar-refractivity contribution in [2.75, 3.05) is 7.11 Å². The van der Waals surface area contributed by atoms with Gasteiger partial charge in [-0.05, 0) is 30.7 Å². The van der Waals surface area contributed by atoms with Crippen molar-refractivity contribution in [2.24, 2.45) is 0 Å². The summed E-state index contributed by atoms with van der Waals surface area (Å²) in [7, 11) is 1.35. The van der Waals surface area contributed by atoms with Gasteiger partial charge in [-0.3, -0.25) is 9.59 Å². The summed E-state index contributed by atoms with van der Waals surface area (Å²) < 4.78 is 4.73. The molecule has 1 unspecified atom stereocenters. The molecular formula is C18H18ClNO3S. The van der Waals surface area contributed by atoms with E-state index in [4.69, 9.17) is 16.3 Å². The highest BCUT2D eigenvalue weighted by Gasteiger charge is 2.18. The van der Waals surface area contributed by atoms with Crippen LogP contribution >= 0.6 is 23.4 Å². The molecule has 0 saturated heterocycles. The molecule has 24 heavy (non-hydrogen) atoms. The summed E-state index contributed by atoms with van der Waals surface area (Å²) in [5.74, 6) is -0.540. The Morgan fingerprint density at radius 3 is 2.54 bits per heavy atom. The standard InChI is InChI=1S/C18H18ClNO3S/c1-12(18(22)23-2)24-16-10-6-4-8-14(16)17(21)20-11-13-7-3-5-9-15(13)19/h3-10,12H,11H2,1-2H3,(H,20,21). The maximum absolute atomic E-state index is 12.5. The van der Waals surface area contributed by atoms with Crippen LogP contribution in [0, 0.1) is 0 Å². The summed E-state index contributed by atoms with van der Waals surface area (Å²) in [6.07, 6.45) is 0. The number of carbonyl (C=O) groups excluding carboxylic acids is 2. The third kappa shape index (κ3) is 4.76. The van der Waals surface area contributed by atoms with Gasteiger partial charge in [-0.1, -0.05) is 41.9 Å². The largest absolute Gasteiger partial charge is 0.468 e. The van der Waals surface area contributed by atoms with E-state index >= 15 is 0 Å². The highest BCUT2D eigenvalue weighted by Crippen LogP contribution is 2.27. The van der Waals surface area contributed by atoms with Crippen molar-refractivity contribution < 1.29 is 14.3 Å². The van der Waals surface area contributed by atoms with E-state index in [9.17, 15) is 9.59 Å². The minimum atomic E-state index is -0.396. The van der Waals surface area contributed by atoms with E-state index in [2.05, 4.69) is 5.32 Å². The molecule has 0 saturated carbocycles. The predicted molar refractivity (Wildman–Crippen MR) is 96.4 cm³/mol. The zero-order chi connectivity index (χ0) is 17.5. The molecule has 2 aromatic carbocycles. The van der Waals surface area contributed by atoms with Crippen LogP contribution in [0.3, 0.4) is 0 Å². The lowest BCUT2D eigenvalue weighted by atomic mass is 10.2. The zero-order valence-electron chi connectivity index (χ0n) is 13.4. The molecule has 6 heteroatoms. The van der Waals surface area contributed by atoms with Gasteiger partial charge >= 0.3 is 5.97 Å². The molecule has 0 spiro atoms. The molecule has 0 aliphatic carbocycles. The quantitative estimate of drug-likeness (QED) is 0.624. The van der Waals surface area contributed by atoms with Crippen LogP contribution in [0.4, 0.5) is 0 Å². The number of methoxy groups -OCH3 is 1. The molecule has 0 aromatic heterocycles. The summed E-state index contributed by atoms with van der Waals surface area (Å²) in [6.45, 7) is 2.08. The Balaban J connectivity index is 2.09. The minimum Gasteiger partial charge on any atom is -0.468 e. The van der Waals surface area contributed by atoms with Gasteiger partial charge in [-0.2, -0.15) is 0 Å². The van der Waals surface area contributed by atoms with Crippen LogP contribution in [0.1, 0.15) is 22.8 Å². The Morgan fingerprint density at radius 1 is 1.17 bits per heavy atom. The summed E-state index contributed by atoms with van der Waals surface area (Å²) in [5, 5.41) is 3.08. The first-order valence-corrected chi connectivity index (χ1v) is 8.63. The van der Waals surface area contributed by atoms with E-state index in [0.717, 1.165) is 10.5 Å². The van der Waals surface area contributed by atoms with Crippen molar-refractivity contribution in [3.05, 3.63) is 64.7 Å². The van der Waals surface area contributed by atoms with E-state index in [0.29, 0.717) is 17.1 Å². The smallest absolute Gasteiger partial charge is 0.318 e. The first kappa shape index (κ1) is 18.4. The van der Waals surface area contributed by atoms with Crippen LogP contribution in [-0.2, 0) is 16.1 Å². The summed E-state index contributed by atoms with van der Waals surface area (Å²) >= 11 is 7.39. The van der Waals surface area contributed by atoms with E-state index in [1.54, 1.807) is 25.1 Å². The first-order chi connectivity index (χ1) is 11.5. The molecule has 1 N–H and O–H groups in total. The van der Waals surface area contributed by atoms with Crippen LogP contribution in [-0.4, -0.2) is 24.2 Å². The second-order valence-electron chi connectivity index (χ2n) is 5.05. The van der Waals surface area contributed by atoms with Gasteiger partial charge in [0.05, 0.1) is 12.7 Å². The maximum atomic E-state index is 12.5. The highest BCUT2D eigenvalue weighted by atomic mass is 35.5. The second-order valence-corrected chi connectivity index (χ2v) is 6.84. The third-order valence-electron chi connectivity index (χ3n) is 3.37. The van der Waals surface area contributed by atoms with E-state index < -0.39 is 5.25 Å². The molecule has 1 atom stereocenters. The molecule has 0 aliphatic rings. The lowest BCUT2D eigenvalue weighted by Crippen LogP contribution is -2.24. The van der Waals surface area contributed by atoms with Gasteiger partial charge in [0.2, 0.25) is 0 Å². The van der Waals surface area contributed by atoms with Crippen LogP contribution in [0.15, 0.2) is 53.4 Å². The topological polar surface area (TPSA) is 55.4 Å². The average molecular weight is 364 g/mol. The number of hydrogen-bond donors (Lipinski definition) is 1. The molecule has 2 rings (SSSR count). The number of esters is 1. The average Bonchev–Trinajstić information content (AvgIpc) is 2.60. The van der Waals surface area contributed by atoms with Gasteiger partial charge in [0.25, 0.3) is 5.91 Å². The van der Waals surface area contributed by atoms with Crippen LogP contribution in [0.2, 0.25) is 5.02 Å². The first-order valence-electron chi connectivity index (χ1n) is 7.38. The van der Waals surface area contributed by atoms with Crippen molar-refractivity contribution in [2.45, 2.75) is 23.6 Å². The minimum absolute atomic E-state index is 0.213. The molecule has 0 fully saturated rings. The summed E-state index contributed by atoms with van der Waals surface area (Å²) in [6, 6.07) is 14.5. The van der Waals surface area contributed by atoms with Crippen molar-refractivity contribution in [3.8, 4) is 0 Å². The normalized spacial score (nSPS) is 11.6. The fraction of sp³-hybridized carbons (Fsp3) is 0.222. The van der Waals surface area contributed by atoms with Gasteiger partial charge in [0.1, 0.15) is 5.25 Å². The molecule has 126 valence electrons. The Morgan fingerprint density at radius 2 is 1.83 bits per heavy atom. The number of halogens is 1. The Bertz CT molecular complexity index is 736. The Hall–Kier alpha value is -1.98. The van der Waals surface area contributed by atoms with Gasteiger partial charge < -0.3 is 10.1 Å². The van der Waals surface area contributed by atoms with Crippen molar-refractivity contribution in [1.82, 2.24) is 5.32 Å². The predicted octanol–water partition coefficient (Wildman–Crippen LogP) is 3.92. The molecule has 2 aromatic rings. The molecular weight excluding hydrogens is 346 g/mol. The SMILES string of the molecule is COC(=O)C(C)Sc1ccccc1C(=O)NCc1ccccc1Cl. The molecule has 0 bridgehead atoms. The number of nitrogens with one attached hydrogen (secondary N) is 1. The summed E-state index contributed by atoms with van der Waals surface area (Å²) in [5.41, 5.74) is 1.37. The molecule has 1 amide bonds. The number of hydrogen-bond acceptors (Lipinski definition) is 4. The van der Waals surface area contributed by atoms with Gasteiger partial charge in [-0.15, -0.1) is 11.8 Å². The van der Waals surface area contributed by atoms with Gasteiger partial charge in [-0.25, -0.2) is 0 Å². The lowest BCUT2D eigenvalue weighted by Gasteiger charge is -2.13. The van der Waals surface area contributed by atoms with Crippen molar-refractivity contribution in [3.63, 3.8) is 0 Å². The van der Waals surface area contributed by atoms with Crippen LogP contribution < -0.4 is 5.32 Å². The lowest BCUT2D eigenvalue weighted by molar-refractivity contribution is -0.139. The number of amides is 1. The molecule has 0 aliphatic heterocycles. The van der Waals surface area contributed by atoms with Gasteiger partial charge in [0.15, 0.2) is 0 Å². The zero-order valence-corrected chi connectivity index (χ0v) is 15.0. The molecule has 0 heterocycles. The van der Waals surface area contributed by atoms with Gasteiger partial charge in [0, 0.05) is 16.5 Å². The fourth-order valence-corrected chi connectivity index (χ4v) is 3.29. The van der Waals surface area contributed by atoms with E-state index in [-0.39, 0.29) is 11.9 Å². The van der Waals surface area contributed by atoms with Crippen LogP contribution in [0.5, 0.6) is 0 Å². The Labute approximate surface area is 150 Å². The van der Waals surface area contributed by atoms with E-state index in [1.165, 1.54) is 18.9 Å². The number of ether oxygens (including phenoxy) is 1. The number of thioether (sulfide) groups is 1. The number of carbonyl (C=O) groups is 2. The molecule has 4 nitrogen and oxygen atoms in total. The third-order valence-corrected chi connectivity index (χ3v) is 4.89. The fourth-order valence-electron chi connectivity index (χ4n) is 2.07. The van der Waals surface area contributed by atoms with Crippen molar-refractivity contribution >= 4 is 35.2 Å². The number of rotatable bonds is 6. The highest BCUT2D eigenvalue weighted by molar-refractivity contribution is 8.00.